The SMILES string of the molecule is Cc1cc(C)c(/C=C/C=O)c(Br)c1. The molecule has 1 aromatic carbocycles. The van der Waals surface area contributed by atoms with Crippen LogP contribution in [0.15, 0.2) is 22.7 Å². The molecule has 1 rings (SSSR count). The molecular weight excluding hydrogens is 228 g/mol. The van der Waals surface area contributed by atoms with E-state index in [1.807, 2.05) is 26.0 Å². The zero-order chi connectivity index (χ0) is 9.84. The third-order valence-corrected chi connectivity index (χ3v) is 2.48. The summed E-state index contributed by atoms with van der Waals surface area (Å²) in [4.78, 5) is 10.2. The predicted molar refractivity (Wildman–Crippen MR) is 58.7 cm³/mol. The Labute approximate surface area is 86.6 Å². The highest BCUT2D eigenvalue weighted by Crippen LogP contribution is 2.23. The van der Waals surface area contributed by atoms with Crippen LogP contribution in [0, 0.1) is 13.8 Å². The molecular formula is C11H11BrO. The average Bonchev–Trinajstić information content (AvgIpc) is 2.02. The number of carbonyl (C=O) groups is 1. The van der Waals surface area contributed by atoms with Crippen molar-refractivity contribution >= 4 is 28.3 Å². The molecule has 0 unspecified atom stereocenters. The number of halogens is 1. The van der Waals surface area contributed by atoms with E-state index in [2.05, 4.69) is 22.0 Å². The van der Waals surface area contributed by atoms with Crippen molar-refractivity contribution in [3.63, 3.8) is 0 Å². The molecule has 0 bridgehead atoms. The summed E-state index contributed by atoms with van der Waals surface area (Å²) in [5.41, 5.74) is 3.45. The fourth-order valence-corrected chi connectivity index (χ4v) is 2.08. The second-order valence-electron chi connectivity index (χ2n) is 2.97. The molecule has 0 fully saturated rings. The first-order chi connectivity index (χ1) is 6.15. The number of hydrogen-bond acceptors (Lipinski definition) is 1. The lowest BCUT2D eigenvalue weighted by atomic mass is 10.1. The van der Waals surface area contributed by atoms with Gasteiger partial charge < -0.3 is 0 Å². The second kappa shape index (κ2) is 4.38. The molecule has 0 spiro atoms. The summed E-state index contributed by atoms with van der Waals surface area (Å²) in [7, 11) is 0. The van der Waals surface area contributed by atoms with Crippen LogP contribution >= 0.6 is 15.9 Å². The molecule has 0 aliphatic heterocycles. The molecule has 68 valence electrons. The lowest BCUT2D eigenvalue weighted by Gasteiger charge is -2.04. The zero-order valence-corrected chi connectivity index (χ0v) is 9.26. The Morgan fingerprint density at radius 3 is 2.54 bits per heavy atom. The van der Waals surface area contributed by atoms with Crippen LogP contribution in [-0.2, 0) is 4.79 Å². The Morgan fingerprint density at radius 2 is 2.00 bits per heavy atom. The predicted octanol–water partition coefficient (Wildman–Crippen LogP) is 3.28. The van der Waals surface area contributed by atoms with Gasteiger partial charge in [-0.2, -0.15) is 0 Å². The number of aldehydes is 1. The van der Waals surface area contributed by atoms with E-state index in [9.17, 15) is 4.79 Å². The van der Waals surface area contributed by atoms with E-state index in [0.29, 0.717) is 0 Å². The van der Waals surface area contributed by atoms with E-state index in [0.717, 1.165) is 16.3 Å². The van der Waals surface area contributed by atoms with Gasteiger partial charge in [0.15, 0.2) is 0 Å². The Bertz CT molecular complexity index is 330. The van der Waals surface area contributed by atoms with Crippen LogP contribution in [0.4, 0.5) is 0 Å². The van der Waals surface area contributed by atoms with Crippen LogP contribution in [0.25, 0.3) is 6.08 Å². The van der Waals surface area contributed by atoms with E-state index < -0.39 is 0 Å². The van der Waals surface area contributed by atoms with Crippen LogP contribution in [0.3, 0.4) is 0 Å². The smallest absolute Gasteiger partial charge is 0.142 e. The summed E-state index contributed by atoms with van der Waals surface area (Å²) in [6.07, 6.45) is 4.10. The first-order valence-electron chi connectivity index (χ1n) is 4.03. The third kappa shape index (κ3) is 2.52. The number of rotatable bonds is 2. The van der Waals surface area contributed by atoms with E-state index in [1.54, 1.807) is 0 Å². The highest BCUT2D eigenvalue weighted by Gasteiger charge is 2.00. The molecule has 0 atom stereocenters. The van der Waals surface area contributed by atoms with Crippen molar-refractivity contribution in [2.24, 2.45) is 0 Å². The van der Waals surface area contributed by atoms with Crippen LogP contribution in [-0.4, -0.2) is 6.29 Å². The van der Waals surface area contributed by atoms with Crippen LogP contribution in [0.5, 0.6) is 0 Å². The maximum atomic E-state index is 10.2. The lowest BCUT2D eigenvalue weighted by Crippen LogP contribution is -1.85. The van der Waals surface area contributed by atoms with Crippen molar-refractivity contribution in [1.29, 1.82) is 0 Å². The molecule has 0 N–H and O–H groups in total. The first kappa shape index (κ1) is 10.2. The molecule has 0 saturated heterocycles. The molecule has 1 aromatic rings. The topological polar surface area (TPSA) is 17.1 Å². The summed E-state index contributed by atoms with van der Waals surface area (Å²) in [6, 6.07) is 4.13. The van der Waals surface area contributed by atoms with Gasteiger partial charge >= 0.3 is 0 Å². The molecule has 2 heteroatoms. The number of aryl methyl sites for hydroxylation is 2. The third-order valence-electron chi connectivity index (χ3n) is 1.82. The van der Waals surface area contributed by atoms with E-state index in [4.69, 9.17) is 0 Å². The molecule has 0 aliphatic rings. The minimum Gasteiger partial charge on any atom is -0.299 e. The van der Waals surface area contributed by atoms with Gasteiger partial charge in [-0.25, -0.2) is 0 Å². The van der Waals surface area contributed by atoms with Crippen molar-refractivity contribution < 1.29 is 4.79 Å². The van der Waals surface area contributed by atoms with Gasteiger partial charge in [-0.3, -0.25) is 4.79 Å². The highest BCUT2D eigenvalue weighted by molar-refractivity contribution is 9.10. The van der Waals surface area contributed by atoms with E-state index in [1.165, 1.54) is 17.2 Å². The number of hydrogen-bond donors (Lipinski definition) is 0. The van der Waals surface area contributed by atoms with E-state index >= 15 is 0 Å². The van der Waals surface area contributed by atoms with Crippen molar-refractivity contribution in [3.8, 4) is 0 Å². The normalized spacial score (nSPS) is 10.7. The Hall–Kier alpha value is -0.890. The quantitative estimate of drug-likeness (QED) is 0.571. The largest absolute Gasteiger partial charge is 0.299 e. The summed E-state index contributed by atoms with van der Waals surface area (Å²) in [5.74, 6) is 0. The summed E-state index contributed by atoms with van der Waals surface area (Å²) in [6.45, 7) is 4.08. The Morgan fingerprint density at radius 1 is 1.31 bits per heavy atom. The molecule has 13 heavy (non-hydrogen) atoms. The molecule has 0 saturated carbocycles. The lowest BCUT2D eigenvalue weighted by molar-refractivity contribution is -0.104. The highest BCUT2D eigenvalue weighted by atomic mass is 79.9. The number of allylic oxidation sites excluding steroid dienone is 1. The van der Waals surface area contributed by atoms with Gasteiger partial charge in [-0.1, -0.05) is 28.1 Å². The summed E-state index contributed by atoms with van der Waals surface area (Å²) in [5, 5.41) is 0. The molecule has 0 aliphatic carbocycles. The maximum absolute atomic E-state index is 10.2. The maximum Gasteiger partial charge on any atom is 0.142 e. The minimum absolute atomic E-state index is 0.783. The van der Waals surface area contributed by atoms with E-state index in [-0.39, 0.29) is 0 Å². The Kier molecular flexibility index (Phi) is 3.43. The molecule has 1 nitrogen and oxygen atoms in total. The standard InChI is InChI=1S/C11H11BrO/c1-8-6-9(2)10(4-3-5-13)11(12)7-8/h3-7H,1-2H3/b4-3+. The second-order valence-corrected chi connectivity index (χ2v) is 3.83. The van der Waals surface area contributed by atoms with Crippen LogP contribution in [0.1, 0.15) is 16.7 Å². The minimum atomic E-state index is 0.783. The molecule has 0 heterocycles. The summed E-state index contributed by atoms with van der Waals surface area (Å²) < 4.78 is 1.03. The van der Waals surface area contributed by atoms with Gasteiger partial charge in [0.05, 0.1) is 0 Å². The van der Waals surface area contributed by atoms with Crippen molar-refractivity contribution in [2.75, 3.05) is 0 Å². The van der Waals surface area contributed by atoms with Crippen LogP contribution < -0.4 is 0 Å². The fourth-order valence-electron chi connectivity index (χ4n) is 1.27. The van der Waals surface area contributed by atoms with Gasteiger partial charge in [0.25, 0.3) is 0 Å². The van der Waals surface area contributed by atoms with Gasteiger partial charge in [0, 0.05) is 4.47 Å². The first-order valence-corrected chi connectivity index (χ1v) is 4.83. The molecule has 0 amide bonds. The Balaban J connectivity index is 3.20. The van der Waals surface area contributed by atoms with Gasteiger partial charge in [-0.05, 0) is 42.7 Å². The van der Waals surface area contributed by atoms with Crippen molar-refractivity contribution in [1.82, 2.24) is 0 Å². The summed E-state index contributed by atoms with van der Waals surface area (Å²) >= 11 is 3.46. The monoisotopic (exact) mass is 238 g/mol. The molecule has 0 radical (unpaired) electrons. The van der Waals surface area contributed by atoms with Gasteiger partial charge in [0.2, 0.25) is 0 Å². The van der Waals surface area contributed by atoms with Gasteiger partial charge in [-0.15, -0.1) is 0 Å². The molecule has 0 aromatic heterocycles. The average molecular weight is 239 g/mol. The number of benzene rings is 1. The van der Waals surface area contributed by atoms with Crippen LogP contribution in [0.2, 0.25) is 0 Å². The number of carbonyl (C=O) groups excluding carboxylic acids is 1. The van der Waals surface area contributed by atoms with Gasteiger partial charge in [0.1, 0.15) is 6.29 Å². The van der Waals surface area contributed by atoms with Crippen molar-refractivity contribution in [3.05, 3.63) is 39.4 Å². The fraction of sp³-hybridized carbons (Fsp3) is 0.182. The van der Waals surface area contributed by atoms with Crippen molar-refractivity contribution in [2.45, 2.75) is 13.8 Å². The zero-order valence-electron chi connectivity index (χ0n) is 7.67.